The zero-order valence-electron chi connectivity index (χ0n) is 18.8. The zero-order valence-corrected chi connectivity index (χ0v) is 18.8. The second-order valence-electron chi connectivity index (χ2n) is 8.57. The number of benzene rings is 3. The second kappa shape index (κ2) is 7.89. The van der Waals surface area contributed by atoms with Crippen LogP contribution in [0.3, 0.4) is 0 Å². The van der Waals surface area contributed by atoms with Crippen molar-refractivity contribution in [3.05, 3.63) is 122 Å². The predicted molar refractivity (Wildman–Crippen MR) is 143 cm³/mol. The summed E-state index contributed by atoms with van der Waals surface area (Å²) in [5.41, 5.74) is 7.49. The van der Waals surface area contributed by atoms with Gasteiger partial charge in [0.2, 0.25) is 0 Å². The van der Waals surface area contributed by atoms with E-state index in [-0.39, 0.29) is 0 Å². The molecule has 0 aliphatic carbocycles. The van der Waals surface area contributed by atoms with Gasteiger partial charge in [-0.25, -0.2) is 0 Å². The Hall–Kier alpha value is -4.83. The van der Waals surface area contributed by atoms with Gasteiger partial charge in [-0.15, -0.1) is 0 Å². The van der Waals surface area contributed by atoms with Crippen molar-refractivity contribution in [2.75, 3.05) is 0 Å². The van der Waals surface area contributed by atoms with Crippen molar-refractivity contribution in [2.45, 2.75) is 0 Å². The Kier molecular flexibility index (Phi) is 4.42. The molecule has 7 aromatic rings. The minimum atomic E-state index is 0.961. The van der Waals surface area contributed by atoms with E-state index in [9.17, 15) is 0 Å². The maximum Gasteiger partial charge on any atom is 0.0708 e. The summed E-state index contributed by atoms with van der Waals surface area (Å²) >= 11 is 0. The van der Waals surface area contributed by atoms with Crippen molar-refractivity contribution in [3.8, 4) is 28.2 Å². The lowest BCUT2D eigenvalue weighted by Gasteiger charge is -2.12. The summed E-state index contributed by atoms with van der Waals surface area (Å²) in [5.74, 6) is 0. The highest BCUT2D eigenvalue weighted by Gasteiger charge is 2.19. The third kappa shape index (κ3) is 3.11. The number of aromatic nitrogens is 4. The van der Waals surface area contributed by atoms with E-state index in [1.165, 1.54) is 27.1 Å². The molecule has 4 heteroatoms. The molecule has 164 valence electrons. The van der Waals surface area contributed by atoms with E-state index in [0.29, 0.717) is 0 Å². The van der Waals surface area contributed by atoms with E-state index in [1.54, 1.807) is 0 Å². The van der Waals surface area contributed by atoms with Crippen molar-refractivity contribution in [1.29, 1.82) is 0 Å². The maximum absolute atomic E-state index is 4.69. The Balaban J connectivity index is 1.67. The fourth-order valence-corrected chi connectivity index (χ4v) is 5.05. The second-order valence-corrected chi connectivity index (χ2v) is 8.57. The van der Waals surface area contributed by atoms with E-state index in [4.69, 9.17) is 0 Å². The van der Waals surface area contributed by atoms with Crippen LogP contribution in [0, 0.1) is 0 Å². The van der Waals surface area contributed by atoms with E-state index in [1.807, 2.05) is 55.1 Å². The molecule has 0 radical (unpaired) electrons. The van der Waals surface area contributed by atoms with Crippen molar-refractivity contribution in [1.82, 2.24) is 19.5 Å². The highest BCUT2D eigenvalue weighted by molar-refractivity contribution is 6.22. The summed E-state index contributed by atoms with van der Waals surface area (Å²) < 4.78 is 2.32. The quantitative estimate of drug-likeness (QED) is 0.282. The highest BCUT2D eigenvalue weighted by Crippen LogP contribution is 2.41. The van der Waals surface area contributed by atoms with Crippen LogP contribution in [0.4, 0.5) is 0 Å². The van der Waals surface area contributed by atoms with Crippen LogP contribution in [0.2, 0.25) is 0 Å². The van der Waals surface area contributed by atoms with Gasteiger partial charge in [0.1, 0.15) is 0 Å². The van der Waals surface area contributed by atoms with Gasteiger partial charge in [-0.1, -0.05) is 42.5 Å². The van der Waals surface area contributed by atoms with Crippen LogP contribution in [0.1, 0.15) is 0 Å². The van der Waals surface area contributed by atoms with Crippen LogP contribution in [-0.2, 0) is 0 Å². The van der Waals surface area contributed by atoms with E-state index < -0.39 is 0 Å². The Morgan fingerprint density at radius 1 is 0.543 bits per heavy atom. The van der Waals surface area contributed by atoms with Gasteiger partial charge in [0.15, 0.2) is 0 Å². The molecule has 35 heavy (non-hydrogen) atoms. The average molecular weight is 449 g/mol. The molecule has 7 rings (SSSR count). The first-order valence-electron chi connectivity index (χ1n) is 11.6. The van der Waals surface area contributed by atoms with Crippen molar-refractivity contribution in [3.63, 3.8) is 0 Å². The molecular weight excluding hydrogens is 428 g/mol. The van der Waals surface area contributed by atoms with Gasteiger partial charge in [0, 0.05) is 45.9 Å². The van der Waals surface area contributed by atoms with Crippen LogP contribution in [0.15, 0.2) is 122 Å². The van der Waals surface area contributed by atoms with Gasteiger partial charge in [-0.2, -0.15) is 0 Å². The molecule has 0 saturated carbocycles. The summed E-state index contributed by atoms with van der Waals surface area (Å²) in [4.78, 5) is 13.7. The number of hydrogen-bond acceptors (Lipinski definition) is 3. The molecule has 0 amide bonds. The van der Waals surface area contributed by atoms with Crippen LogP contribution in [0.5, 0.6) is 0 Å². The molecule has 0 fully saturated rings. The summed E-state index contributed by atoms with van der Waals surface area (Å²) in [6.45, 7) is 0. The monoisotopic (exact) mass is 448 g/mol. The molecular formula is C31H20N4. The minimum Gasteiger partial charge on any atom is -0.307 e. The van der Waals surface area contributed by atoms with Gasteiger partial charge >= 0.3 is 0 Å². The largest absolute Gasteiger partial charge is 0.307 e. The molecule has 0 atom stereocenters. The third-order valence-electron chi connectivity index (χ3n) is 6.57. The smallest absolute Gasteiger partial charge is 0.0708 e. The molecule has 4 aromatic heterocycles. The van der Waals surface area contributed by atoms with E-state index in [2.05, 4.69) is 86.2 Å². The topological polar surface area (TPSA) is 43.6 Å². The number of nitrogens with zero attached hydrogens (tertiary/aromatic N) is 4. The fourth-order valence-electron chi connectivity index (χ4n) is 5.05. The van der Waals surface area contributed by atoms with E-state index in [0.717, 1.165) is 33.7 Å². The maximum atomic E-state index is 4.69. The third-order valence-corrected chi connectivity index (χ3v) is 6.57. The first-order valence-corrected chi connectivity index (χ1v) is 11.6. The molecule has 0 N–H and O–H groups in total. The standard InChI is InChI=1S/C31H20N4/c1-2-10-24-23(9-1)25(29-12-4-6-17-34-29)19-27-26-18-21(28-11-3-5-16-33-28)13-14-30(26)35(31(24)27)22-8-7-15-32-20-22/h1-20H. The Morgan fingerprint density at radius 3 is 2.06 bits per heavy atom. The van der Waals surface area contributed by atoms with Crippen LogP contribution in [-0.4, -0.2) is 19.5 Å². The molecule has 0 saturated heterocycles. The Bertz CT molecular complexity index is 1820. The molecule has 0 unspecified atom stereocenters. The summed E-state index contributed by atoms with van der Waals surface area (Å²) in [6.07, 6.45) is 7.43. The van der Waals surface area contributed by atoms with Crippen LogP contribution >= 0.6 is 0 Å². The van der Waals surface area contributed by atoms with Gasteiger partial charge in [-0.05, 0) is 60.0 Å². The van der Waals surface area contributed by atoms with Crippen molar-refractivity contribution >= 4 is 32.6 Å². The number of pyridine rings is 3. The molecule has 4 heterocycles. The summed E-state index contributed by atoms with van der Waals surface area (Å²) in [7, 11) is 0. The molecule has 3 aromatic carbocycles. The normalized spacial score (nSPS) is 11.4. The fraction of sp³-hybridized carbons (Fsp3) is 0. The van der Waals surface area contributed by atoms with Crippen LogP contribution < -0.4 is 0 Å². The zero-order chi connectivity index (χ0) is 23.2. The first-order chi connectivity index (χ1) is 17.4. The molecule has 0 aliphatic heterocycles. The number of hydrogen-bond donors (Lipinski definition) is 0. The van der Waals surface area contributed by atoms with Gasteiger partial charge in [0.25, 0.3) is 0 Å². The average Bonchev–Trinajstić information content (AvgIpc) is 3.28. The minimum absolute atomic E-state index is 0.961. The SMILES string of the molecule is c1ccc(-c2ccc3c(c2)c2cc(-c4ccccn4)c4ccccc4c2n3-c2cccnc2)nc1. The Morgan fingerprint density at radius 2 is 1.31 bits per heavy atom. The lowest BCUT2D eigenvalue weighted by atomic mass is 9.97. The number of fused-ring (bicyclic) bond motifs is 5. The van der Waals surface area contributed by atoms with Gasteiger partial charge in [-0.3, -0.25) is 15.0 Å². The molecule has 0 aliphatic rings. The molecule has 0 spiro atoms. The molecule has 0 bridgehead atoms. The first kappa shape index (κ1) is 19.6. The predicted octanol–water partition coefficient (Wildman–Crippen LogP) is 7.46. The van der Waals surface area contributed by atoms with Gasteiger partial charge in [0.05, 0.1) is 34.3 Å². The lowest BCUT2D eigenvalue weighted by Crippen LogP contribution is -1.95. The van der Waals surface area contributed by atoms with Crippen LogP contribution in [0.25, 0.3) is 60.8 Å². The molecule has 4 nitrogen and oxygen atoms in total. The Labute approximate surface area is 202 Å². The van der Waals surface area contributed by atoms with Crippen molar-refractivity contribution in [2.24, 2.45) is 0 Å². The number of rotatable bonds is 3. The van der Waals surface area contributed by atoms with E-state index >= 15 is 0 Å². The van der Waals surface area contributed by atoms with Gasteiger partial charge < -0.3 is 4.57 Å². The summed E-state index contributed by atoms with van der Waals surface area (Å²) in [5, 5.41) is 4.72. The highest BCUT2D eigenvalue weighted by atomic mass is 15.0. The van der Waals surface area contributed by atoms with Crippen molar-refractivity contribution < 1.29 is 0 Å². The summed E-state index contributed by atoms with van der Waals surface area (Å²) in [6, 6.07) is 33.7. The lowest BCUT2D eigenvalue weighted by molar-refractivity contribution is 1.14.